The third-order valence-corrected chi connectivity index (χ3v) is 3.27. The first-order chi connectivity index (χ1) is 10.6. The van der Waals surface area contributed by atoms with Crippen molar-refractivity contribution >= 4 is 17.9 Å². The van der Waals surface area contributed by atoms with Gasteiger partial charge in [-0.1, -0.05) is 0 Å². The second-order valence-electron chi connectivity index (χ2n) is 6.80. The second kappa shape index (κ2) is 8.14. The lowest BCUT2D eigenvalue weighted by Gasteiger charge is -2.21. The van der Waals surface area contributed by atoms with Gasteiger partial charge in [0.2, 0.25) is 11.8 Å². The fourth-order valence-corrected chi connectivity index (χ4v) is 2.51. The Morgan fingerprint density at radius 1 is 1.04 bits per heavy atom. The summed E-state index contributed by atoms with van der Waals surface area (Å²) in [6.45, 7) is 10.6. The van der Waals surface area contributed by atoms with Crippen LogP contribution in [0, 0.1) is 0 Å². The van der Waals surface area contributed by atoms with E-state index in [1.807, 2.05) is 20.8 Å². The number of amides is 3. The molecule has 132 valence electrons. The van der Waals surface area contributed by atoms with Crippen LogP contribution in [0.25, 0.3) is 0 Å². The molecule has 3 amide bonds. The number of carbonyl (C=O) groups is 3. The lowest BCUT2D eigenvalue weighted by atomic mass is 10.1. The van der Waals surface area contributed by atoms with E-state index in [1.165, 1.54) is 13.8 Å². The molecule has 23 heavy (non-hydrogen) atoms. The van der Waals surface area contributed by atoms with Gasteiger partial charge in [-0.25, -0.2) is 4.79 Å². The molecule has 8 heteroatoms. The number of alkyl carbamates (subject to hydrolysis) is 1. The number of ether oxygens (including phenoxy) is 1. The summed E-state index contributed by atoms with van der Waals surface area (Å²) in [7, 11) is 0. The third-order valence-electron chi connectivity index (χ3n) is 3.27. The molecule has 1 heterocycles. The molecule has 0 radical (unpaired) electrons. The zero-order valence-electron chi connectivity index (χ0n) is 14.6. The predicted octanol–water partition coefficient (Wildman–Crippen LogP) is -0.164. The van der Waals surface area contributed by atoms with Gasteiger partial charge in [-0.3, -0.25) is 14.5 Å². The molecule has 0 bridgehead atoms. The summed E-state index contributed by atoms with van der Waals surface area (Å²) in [5.74, 6) is -0.252. The molecule has 1 aliphatic heterocycles. The Hall–Kier alpha value is -1.83. The monoisotopic (exact) mass is 328 g/mol. The van der Waals surface area contributed by atoms with Crippen molar-refractivity contribution < 1.29 is 19.1 Å². The highest BCUT2D eigenvalue weighted by Gasteiger charge is 2.33. The van der Waals surface area contributed by atoms with E-state index in [-0.39, 0.29) is 23.9 Å². The van der Waals surface area contributed by atoms with Gasteiger partial charge in [-0.2, -0.15) is 0 Å². The number of likely N-dealkylation sites (tertiary alicyclic amines) is 1. The fraction of sp³-hybridized carbons (Fsp3) is 0.800. The van der Waals surface area contributed by atoms with Crippen LogP contribution < -0.4 is 16.0 Å². The lowest BCUT2D eigenvalue weighted by molar-refractivity contribution is -0.122. The topological polar surface area (TPSA) is 99.8 Å². The lowest BCUT2D eigenvalue weighted by Crippen LogP contribution is -2.49. The van der Waals surface area contributed by atoms with E-state index >= 15 is 0 Å². The molecule has 0 unspecified atom stereocenters. The van der Waals surface area contributed by atoms with Gasteiger partial charge < -0.3 is 20.7 Å². The number of hydrogen-bond acceptors (Lipinski definition) is 5. The maximum Gasteiger partial charge on any atom is 0.407 e. The smallest absolute Gasteiger partial charge is 0.407 e. The molecular weight excluding hydrogens is 300 g/mol. The van der Waals surface area contributed by atoms with E-state index in [9.17, 15) is 14.4 Å². The van der Waals surface area contributed by atoms with Gasteiger partial charge in [-0.15, -0.1) is 0 Å². The first-order valence-corrected chi connectivity index (χ1v) is 7.80. The van der Waals surface area contributed by atoms with Crippen molar-refractivity contribution in [1.82, 2.24) is 20.9 Å². The van der Waals surface area contributed by atoms with Crippen LogP contribution >= 0.6 is 0 Å². The summed E-state index contributed by atoms with van der Waals surface area (Å²) in [5.41, 5.74) is -0.523. The number of nitrogens with one attached hydrogen (secondary N) is 3. The van der Waals surface area contributed by atoms with Crippen molar-refractivity contribution in [3.8, 4) is 0 Å². The van der Waals surface area contributed by atoms with Crippen molar-refractivity contribution in [2.24, 2.45) is 0 Å². The summed E-state index contributed by atoms with van der Waals surface area (Å²) in [6.07, 6.45) is -0.450. The molecule has 0 aromatic rings. The minimum Gasteiger partial charge on any atom is -0.444 e. The molecular formula is C15H28N4O4. The van der Waals surface area contributed by atoms with Crippen LogP contribution in [0.3, 0.4) is 0 Å². The summed E-state index contributed by atoms with van der Waals surface area (Å²) >= 11 is 0. The summed E-state index contributed by atoms with van der Waals surface area (Å²) in [5, 5.41) is 8.40. The maximum atomic E-state index is 11.6. The Morgan fingerprint density at radius 3 is 1.91 bits per heavy atom. The Balaban J connectivity index is 2.41. The van der Waals surface area contributed by atoms with Crippen molar-refractivity contribution in [2.75, 3.05) is 26.2 Å². The molecule has 3 N–H and O–H groups in total. The Morgan fingerprint density at radius 2 is 1.52 bits per heavy atom. The standard InChI is InChI=1S/C15H28N4O4/c1-10(20)17-12-8-19(9-13(12)18-11(2)21)7-6-16-14(22)23-15(3,4)5/h12-13H,6-9H2,1-5H3,(H,16,22)(H,17,20)(H,18,21)/t12-,13-/m1/s1. The predicted molar refractivity (Wildman–Crippen MR) is 85.9 cm³/mol. The number of carbonyl (C=O) groups excluding carboxylic acids is 3. The van der Waals surface area contributed by atoms with E-state index in [2.05, 4.69) is 20.9 Å². The average molecular weight is 328 g/mol. The minimum atomic E-state index is -0.523. The molecule has 2 atom stereocenters. The molecule has 0 aromatic carbocycles. The Labute approximate surface area is 137 Å². The van der Waals surface area contributed by atoms with Crippen molar-refractivity contribution in [1.29, 1.82) is 0 Å². The van der Waals surface area contributed by atoms with E-state index in [1.54, 1.807) is 0 Å². The Bertz CT molecular complexity index is 423. The Kier molecular flexibility index (Phi) is 6.80. The second-order valence-corrected chi connectivity index (χ2v) is 6.80. The highest BCUT2D eigenvalue weighted by atomic mass is 16.6. The van der Waals surface area contributed by atoms with Crippen LogP contribution in [-0.4, -0.2) is 66.7 Å². The highest BCUT2D eigenvalue weighted by molar-refractivity contribution is 5.75. The van der Waals surface area contributed by atoms with Crippen LogP contribution in [0.1, 0.15) is 34.6 Å². The minimum absolute atomic E-state index is 0.126. The van der Waals surface area contributed by atoms with Crippen LogP contribution in [-0.2, 0) is 14.3 Å². The molecule has 0 aromatic heterocycles. The zero-order valence-corrected chi connectivity index (χ0v) is 14.6. The first-order valence-electron chi connectivity index (χ1n) is 7.80. The SMILES string of the molecule is CC(=O)N[C@@H]1CN(CCNC(=O)OC(C)(C)C)C[C@H]1NC(C)=O. The van der Waals surface area contributed by atoms with Gasteiger partial charge in [0.05, 0.1) is 12.1 Å². The average Bonchev–Trinajstić information content (AvgIpc) is 2.67. The maximum absolute atomic E-state index is 11.6. The van der Waals surface area contributed by atoms with Gasteiger partial charge in [-0.05, 0) is 20.8 Å². The third kappa shape index (κ3) is 7.83. The van der Waals surface area contributed by atoms with E-state index < -0.39 is 11.7 Å². The summed E-state index contributed by atoms with van der Waals surface area (Å²) < 4.78 is 5.17. The van der Waals surface area contributed by atoms with Crippen LogP contribution in [0.5, 0.6) is 0 Å². The van der Waals surface area contributed by atoms with E-state index in [0.29, 0.717) is 26.2 Å². The van der Waals surface area contributed by atoms with Gasteiger partial charge in [0.1, 0.15) is 5.60 Å². The van der Waals surface area contributed by atoms with Crippen LogP contribution in [0.15, 0.2) is 0 Å². The first kappa shape index (κ1) is 19.2. The number of rotatable bonds is 5. The molecule has 0 saturated carbocycles. The number of hydrogen-bond donors (Lipinski definition) is 3. The molecule has 8 nitrogen and oxygen atoms in total. The van der Waals surface area contributed by atoms with Crippen LogP contribution in [0.4, 0.5) is 4.79 Å². The quantitative estimate of drug-likeness (QED) is 0.651. The van der Waals surface area contributed by atoms with Crippen molar-refractivity contribution in [3.05, 3.63) is 0 Å². The summed E-state index contributed by atoms with van der Waals surface area (Å²) in [6, 6.07) is -0.254. The molecule has 0 spiro atoms. The van der Waals surface area contributed by atoms with Gasteiger partial charge >= 0.3 is 6.09 Å². The largest absolute Gasteiger partial charge is 0.444 e. The molecule has 1 fully saturated rings. The summed E-state index contributed by atoms with van der Waals surface area (Å²) in [4.78, 5) is 36.2. The van der Waals surface area contributed by atoms with Crippen molar-refractivity contribution in [2.45, 2.75) is 52.3 Å². The molecule has 1 saturated heterocycles. The molecule has 1 aliphatic rings. The highest BCUT2D eigenvalue weighted by Crippen LogP contribution is 2.10. The van der Waals surface area contributed by atoms with Crippen molar-refractivity contribution in [3.63, 3.8) is 0 Å². The molecule has 1 rings (SSSR count). The number of nitrogens with zero attached hydrogens (tertiary/aromatic N) is 1. The van der Waals surface area contributed by atoms with Gasteiger partial charge in [0.15, 0.2) is 0 Å². The van der Waals surface area contributed by atoms with E-state index in [4.69, 9.17) is 4.74 Å². The van der Waals surface area contributed by atoms with E-state index in [0.717, 1.165) is 0 Å². The molecule has 0 aliphatic carbocycles. The fourth-order valence-electron chi connectivity index (χ4n) is 2.51. The van der Waals surface area contributed by atoms with Gasteiger partial charge in [0, 0.05) is 40.0 Å². The normalized spacial score (nSPS) is 21.6. The zero-order chi connectivity index (χ0) is 17.6. The van der Waals surface area contributed by atoms with Crippen LogP contribution in [0.2, 0.25) is 0 Å². The van der Waals surface area contributed by atoms with Gasteiger partial charge in [0.25, 0.3) is 0 Å².